The predicted molar refractivity (Wildman–Crippen MR) is 299 cm³/mol. The van der Waals surface area contributed by atoms with Crippen LogP contribution in [-0.4, -0.2) is 4.57 Å². The summed E-state index contributed by atoms with van der Waals surface area (Å²) in [7, 11) is 0. The number of rotatable bonds is 10. The van der Waals surface area contributed by atoms with Crippen LogP contribution < -0.4 is 4.90 Å². The molecule has 0 spiro atoms. The van der Waals surface area contributed by atoms with Crippen molar-refractivity contribution in [3.05, 3.63) is 300 Å². The molecule has 1 heterocycles. The average molecular weight is 911 g/mol. The third-order valence-corrected chi connectivity index (χ3v) is 15.3. The van der Waals surface area contributed by atoms with E-state index < -0.39 is 5.41 Å². The molecule has 9 aromatic rings. The monoisotopic (exact) mass is 910 g/mol. The molecule has 1 atom stereocenters. The largest absolute Gasteiger partial charge is 0.310 e. The normalized spacial score (nSPS) is 16.4. The Bertz CT molecular complexity index is 3600. The number of hydrogen-bond donors (Lipinski definition) is 0. The van der Waals surface area contributed by atoms with Crippen LogP contribution in [-0.2, 0) is 5.41 Å². The highest BCUT2D eigenvalue weighted by atomic mass is 15.1. The molecule has 1 unspecified atom stereocenters. The van der Waals surface area contributed by atoms with Crippen LogP contribution in [0.5, 0.6) is 0 Å². The van der Waals surface area contributed by atoms with Crippen LogP contribution in [0.2, 0.25) is 0 Å². The summed E-state index contributed by atoms with van der Waals surface area (Å²) in [6.07, 6.45) is 28.2. The fraction of sp³-hybridized carbons (Fsp3) is 0.101. The first kappa shape index (κ1) is 42.6. The molecule has 0 N–H and O–H groups in total. The van der Waals surface area contributed by atoms with Crippen LogP contribution >= 0.6 is 0 Å². The molecule has 340 valence electrons. The fourth-order valence-electron chi connectivity index (χ4n) is 12.0. The smallest absolute Gasteiger partial charge is 0.0715 e. The standard InChI is InChI=1S/C69H54N2/c1-7-21-49(22-8-1)51-35-39-57(40-36-51)70(58-41-37-52(38-42-58)50-23-9-2-10-24-50)59-43-45-61-62-46-44-60(48-65(62)69(64(61)47-59,55-29-15-5-16-30-55)56-31-17-6-18-32-56)71-66-34-20-19-33-63(66)67(53-25-11-3-12-26-53)68(71)54-27-13-4-14-28-54/h1-3,5-11,13,15-23,25,27-48,50H,4,12,14,24,26H2. The Morgan fingerprint density at radius 2 is 1.15 bits per heavy atom. The Labute approximate surface area is 417 Å². The van der Waals surface area contributed by atoms with Crippen molar-refractivity contribution in [3.63, 3.8) is 0 Å². The van der Waals surface area contributed by atoms with Crippen molar-refractivity contribution in [2.45, 2.75) is 43.4 Å². The molecule has 0 aliphatic heterocycles. The van der Waals surface area contributed by atoms with Gasteiger partial charge in [-0.05, 0) is 148 Å². The van der Waals surface area contributed by atoms with E-state index in [0.29, 0.717) is 5.92 Å². The zero-order valence-corrected chi connectivity index (χ0v) is 39.8. The van der Waals surface area contributed by atoms with Crippen molar-refractivity contribution in [2.75, 3.05) is 4.90 Å². The van der Waals surface area contributed by atoms with Gasteiger partial charge in [0.1, 0.15) is 0 Å². The second kappa shape index (κ2) is 18.1. The summed E-state index contributed by atoms with van der Waals surface area (Å²) in [6, 6.07) is 75.2. The molecule has 13 rings (SSSR count). The zero-order chi connectivity index (χ0) is 47.1. The van der Waals surface area contributed by atoms with Gasteiger partial charge in [0, 0.05) is 39.6 Å². The minimum atomic E-state index is -0.639. The van der Waals surface area contributed by atoms with Crippen LogP contribution in [0.3, 0.4) is 0 Å². The van der Waals surface area contributed by atoms with Crippen molar-refractivity contribution in [1.29, 1.82) is 0 Å². The van der Waals surface area contributed by atoms with Crippen molar-refractivity contribution < 1.29 is 0 Å². The van der Waals surface area contributed by atoms with E-state index in [9.17, 15) is 0 Å². The fourth-order valence-corrected chi connectivity index (χ4v) is 12.0. The molecule has 0 bridgehead atoms. The first-order valence-electron chi connectivity index (χ1n) is 25.4. The number of fused-ring (bicyclic) bond motifs is 4. The third-order valence-electron chi connectivity index (χ3n) is 15.3. The van der Waals surface area contributed by atoms with Gasteiger partial charge in [-0.2, -0.15) is 0 Å². The van der Waals surface area contributed by atoms with E-state index in [4.69, 9.17) is 0 Å². The summed E-state index contributed by atoms with van der Waals surface area (Å²) < 4.78 is 2.57. The van der Waals surface area contributed by atoms with Gasteiger partial charge in [0.2, 0.25) is 0 Å². The highest BCUT2D eigenvalue weighted by Gasteiger charge is 2.47. The minimum absolute atomic E-state index is 0.373. The molecule has 0 amide bonds. The van der Waals surface area contributed by atoms with Crippen LogP contribution in [0, 0.1) is 0 Å². The lowest BCUT2D eigenvalue weighted by Gasteiger charge is -2.35. The topological polar surface area (TPSA) is 8.17 Å². The van der Waals surface area contributed by atoms with Crippen molar-refractivity contribution in [2.24, 2.45) is 0 Å². The Morgan fingerprint density at radius 3 is 1.83 bits per heavy atom. The molecule has 71 heavy (non-hydrogen) atoms. The number of allylic oxidation sites excluding steroid dienone is 12. The number of nitrogens with zero attached hydrogens (tertiary/aromatic N) is 2. The zero-order valence-electron chi connectivity index (χ0n) is 39.8. The van der Waals surface area contributed by atoms with Gasteiger partial charge in [-0.25, -0.2) is 0 Å². The molecule has 1 aromatic heterocycles. The highest BCUT2D eigenvalue weighted by Crippen LogP contribution is 2.58. The molecular weight excluding hydrogens is 857 g/mol. The molecule has 0 radical (unpaired) electrons. The van der Waals surface area contributed by atoms with E-state index in [1.165, 1.54) is 89.1 Å². The molecule has 4 aliphatic rings. The lowest BCUT2D eigenvalue weighted by molar-refractivity contribution is 0.767. The Kier molecular flexibility index (Phi) is 10.9. The van der Waals surface area contributed by atoms with E-state index in [0.717, 1.165) is 49.2 Å². The molecular formula is C69H54N2. The Balaban J connectivity index is 1.04. The summed E-state index contributed by atoms with van der Waals surface area (Å²) in [5.41, 5.74) is 21.7. The SMILES string of the molecule is C1=CCCC(c2c(C3=CCCC=C3)n(-c3ccc4c(c3)C(c3ccccc3)(c3ccccc3)c3cc(N(c5ccc(-c6ccccc6)cc5)c5ccc(C6C=CC=CC6)cc5)ccc3-4)c3ccccc23)=C1. The van der Waals surface area contributed by atoms with Gasteiger partial charge in [0.25, 0.3) is 0 Å². The number of benzene rings is 8. The van der Waals surface area contributed by atoms with Gasteiger partial charge in [-0.1, -0.05) is 206 Å². The lowest BCUT2D eigenvalue weighted by Crippen LogP contribution is -2.29. The molecule has 4 aliphatic carbocycles. The molecule has 2 nitrogen and oxygen atoms in total. The van der Waals surface area contributed by atoms with E-state index in [-0.39, 0.29) is 0 Å². The minimum Gasteiger partial charge on any atom is -0.310 e. The first-order chi connectivity index (χ1) is 35.2. The number of hydrogen-bond acceptors (Lipinski definition) is 1. The quantitative estimate of drug-likeness (QED) is 0.133. The maximum atomic E-state index is 2.57. The van der Waals surface area contributed by atoms with Gasteiger partial charge in [0.15, 0.2) is 0 Å². The van der Waals surface area contributed by atoms with Gasteiger partial charge >= 0.3 is 0 Å². The average Bonchev–Trinajstić information content (AvgIpc) is 3.96. The number of anilines is 3. The van der Waals surface area contributed by atoms with Crippen molar-refractivity contribution in [3.8, 4) is 27.9 Å². The molecule has 2 heteroatoms. The Hall–Kier alpha value is -8.46. The van der Waals surface area contributed by atoms with Crippen LogP contribution in [0.25, 0.3) is 50.0 Å². The van der Waals surface area contributed by atoms with Crippen molar-refractivity contribution >= 4 is 39.1 Å². The lowest BCUT2D eigenvalue weighted by atomic mass is 9.67. The van der Waals surface area contributed by atoms with Gasteiger partial charge in [-0.3, -0.25) is 0 Å². The maximum Gasteiger partial charge on any atom is 0.0715 e. The molecule has 0 saturated carbocycles. The summed E-state index contributed by atoms with van der Waals surface area (Å²) in [5.74, 6) is 0.373. The highest BCUT2D eigenvalue weighted by molar-refractivity contribution is 6.02. The van der Waals surface area contributed by atoms with Crippen LogP contribution in [0.15, 0.2) is 261 Å². The third kappa shape index (κ3) is 7.33. The van der Waals surface area contributed by atoms with E-state index >= 15 is 0 Å². The van der Waals surface area contributed by atoms with E-state index in [1.807, 2.05) is 0 Å². The second-order valence-electron chi connectivity index (χ2n) is 19.3. The number of para-hydroxylation sites is 1. The van der Waals surface area contributed by atoms with E-state index in [1.54, 1.807) is 0 Å². The summed E-state index contributed by atoms with van der Waals surface area (Å²) >= 11 is 0. The summed E-state index contributed by atoms with van der Waals surface area (Å²) in [4.78, 5) is 2.45. The Morgan fingerprint density at radius 1 is 0.507 bits per heavy atom. The summed E-state index contributed by atoms with van der Waals surface area (Å²) in [6.45, 7) is 0. The predicted octanol–water partition coefficient (Wildman–Crippen LogP) is 18.2. The van der Waals surface area contributed by atoms with Crippen LogP contribution in [0.4, 0.5) is 17.1 Å². The number of aromatic nitrogens is 1. The van der Waals surface area contributed by atoms with Gasteiger partial charge < -0.3 is 9.47 Å². The van der Waals surface area contributed by atoms with Crippen LogP contribution in [0.1, 0.15) is 77.1 Å². The molecule has 0 fully saturated rings. The van der Waals surface area contributed by atoms with Gasteiger partial charge in [0.05, 0.1) is 16.6 Å². The summed E-state index contributed by atoms with van der Waals surface area (Å²) in [5, 5.41) is 1.30. The second-order valence-corrected chi connectivity index (χ2v) is 19.3. The first-order valence-corrected chi connectivity index (χ1v) is 25.4. The van der Waals surface area contributed by atoms with Crippen molar-refractivity contribution in [1.82, 2.24) is 4.57 Å². The molecule has 8 aromatic carbocycles. The molecule has 0 saturated heterocycles. The maximum absolute atomic E-state index is 2.57. The van der Waals surface area contributed by atoms with Gasteiger partial charge in [-0.15, -0.1) is 0 Å². The van der Waals surface area contributed by atoms with E-state index in [2.05, 4.69) is 270 Å².